The Bertz CT molecular complexity index is 197. The number of hydrogen-bond acceptors (Lipinski definition) is 3. The lowest BCUT2D eigenvalue weighted by Crippen LogP contribution is -1.92. The molecule has 0 aliphatic rings. The topological polar surface area (TPSA) is 35.3 Å². The lowest BCUT2D eigenvalue weighted by Gasteiger charge is -1.90. The molecule has 0 aromatic carbocycles. The third-order valence-electron chi connectivity index (χ3n) is 0.718. The number of hydrogen-bond donors (Lipinski definition) is 0. The van der Waals surface area contributed by atoms with Crippen LogP contribution in [0.25, 0.3) is 0 Å². The average Bonchev–Trinajstić information content (AvgIpc) is 2.34. The Balaban J connectivity index is 2.41. The molecule has 1 rings (SSSR count). The fourth-order valence-electron chi connectivity index (χ4n) is 0.392. The molecule has 1 aromatic rings. The zero-order chi connectivity index (χ0) is 6.53. The Morgan fingerprint density at radius 3 is 3.33 bits per heavy atom. The monoisotopic (exact) mass is 123 g/mol. The van der Waals surface area contributed by atoms with Crippen molar-refractivity contribution in [3.8, 4) is 18.2 Å². The van der Waals surface area contributed by atoms with E-state index in [0.717, 1.165) is 0 Å². The Labute approximate surface area is 52.6 Å². The summed E-state index contributed by atoms with van der Waals surface area (Å²) >= 11 is 0. The standard InChI is InChI=1S/C6H5NO2/c1-2-4-8-6-3-5-9-7-6/h1,3,5H,4H2. The SMILES string of the molecule is C#CCOc1ccon1. The van der Waals surface area contributed by atoms with Gasteiger partial charge in [-0.25, -0.2) is 0 Å². The molecule has 0 saturated heterocycles. The minimum absolute atomic E-state index is 0.229. The third-order valence-corrected chi connectivity index (χ3v) is 0.718. The minimum Gasteiger partial charge on any atom is -0.462 e. The highest BCUT2D eigenvalue weighted by Gasteiger charge is 1.91. The van der Waals surface area contributed by atoms with Gasteiger partial charge in [0.2, 0.25) is 0 Å². The van der Waals surface area contributed by atoms with Crippen molar-refractivity contribution in [1.82, 2.24) is 5.16 Å². The second-order valence-corrected chi connectivity index (χ2v) is 1.33. The summed E-state index contributed by atoms with van der Waals surface area (Å²) < 4.78 is 9.32. The fraction of sp³-hybridized carbons (Fsp3) is 0.167. The van der Waals surface area contributed by atoms with Crippen molar-refractivity contribution in [3.05, 3.63) is 12.3 Å². The van der Waals surface area contributed by atoms with Gasteiger partial charge in [0.1, 0.15) is 6.26 Å². The number of terminal acetylenes is 1. The molecule has 0 saturated carbocycles. The highest BCUT2D eigenvalue weighted by atomic mass is 16.5. The quantitative estimate of drug-likeness (QED) is 0.542. The molecular weight excluding hydrogens is 118 g/mol. The molecule has 0 radical (unpaired) electrons. The van der Waals surface area contributed by atoms with E-state index in [1.165, 1.54) is 6.26 Å². The van der Waals surface area contributed by atoms with Crippen LogP contribution in [0.2, 0.25) is 0 Å². The van der Waals surface area contributed by atoms with Gasteiger partial charge in [0.05, 0.1) is 0 Å². The van der Waals surface area contributed by atoms with Crippen LogP contribution in [0, 0.1) is 12.3 Å². The number of ether oxygens (including phenoxy) is 1. The predicted molar refractivity (Wildman–Crippen MR) is 30.8 cm³/mol. The second-order valence-electron chi connectivity index (χ2n) is 1.33. The van der Waals surface area contributed by atoms with Crippen molar-refractivity contribution in [1.29, 1.82) is 0 Å². The number of rotatable bonds is 2. The normalized spacial score (nSPS) is 8.33. The molecular formula is C6H5NO2. The molecule has 0 amide bonds. The van der Waals surface area contributed by atoms with Crippen molar-refractivity contribution in [2.24, 2.45) is 0 Å². The Morgan fingerprint density at radius 1 is 1.89 bits per heavy atom. The molecule has 1 aromatic heterocycles. The lowest BCUT2D eigenvalue weighted by atomic mass is 10.7. The lowest BCUT2D eigenvalue weighted by molar-refractivity contribution is 0.314. The van der Waals surface area contributed by atoms with E-state index in [4.69, 9.17) is 11.2 Å². The molecule has 0 fully saturated rings. The maximum atomic E-state index is 4.91. The summed E-state index contributed by atoms with van der Waals surface area (Å²) in [5, 5.41) is 3.46. The van der Waals surface area contributed by atoms with Crippen LogP contribution in [0.3, 0.4) is 0 Å². The van der Waals surface area contributed by atoms with Gasteiger partial charge in [-0.1, -0.05) is 5.92 Å². The summed E-state index contributed by atoms with van der Waals surface area (Å²) in [4.78, 5) is 0. The van der Waals surface area contributed by atoms with Crippen LogP contribution in [0.15, 0.2) is 16.9 Å². The Morgan fingerprint density at radius 2 is 2.78 bits per heavy atom. The van der Waals surface area contributed by atoms with E-state index in [1.54, 1.807) is 6.07 Å². The van der Waals surface area contributed by atoms with Gasteiger partial charge >= 0.3 is 0 Å². The van der Waals surface area contributed by atoms with E-state index < -0.39 is 0 Å². The van der Waals surface area contributed by atoms with E-state index in [1.807, 2.05) is 0 Å². The molecule has 46 valence electrons. The largest absolute Gasteiger partial charge is 0.462 e. The van der Waals surface area contributed by atoms with E-state index in [0.29, 0.717) is 5.88 Å². The van der Waals surface area contributed by atoms with Crippen LogP contribution in [0.5, 0.6) is 5.88 Å². The maximum absolute atomic E-state index is 4.91. The van der Waals surface area contributed by atoms with Crippen molar-refractivity contribution < 1.29 is 9.26 Å². The van der Waals surface area contributed by atoms with Crippen molar-refractivity contribution in [2.75, 3.05) is 6.61 Å². The number of aromatic nitrogens is 1. The maximum Gasteiger partial charge on any atom is 0.254 e. The molecule has 0 bridgehead atoms. The van der Waals surface area contributed by atoms with Crippen LogP contribution < -0.4 is 4.74 Å². The molecule has 0 aliphatic heterocycles. The Kier molecular flexibility index (Phi) is 1.76. The highest BCUT2D eigenvalue weighted by Crippen LogP contribution is 2.02. The molecule has 3 heteroatoms. The molecule has 0 unspecified atom stereocenters. The summed E-state index contributed by atoms with van der Waals surface area (Å²) in [6.45, 7) is 0.229. The first-order chi connectivity index (χ1) is 4.43. The van der Waals surface area contributed by atoms with Gasteiger partial charge < -0.3 is 9.26 Å². The third kappa shape index (κ3) is 1.50. The molecule has 0 N–H and O–H groups in total. The Hall–Kier alpha value is -1.43. The van der Waals surface area contributed by atoms with Gasteiger partial charge in [-0.3, -0.25) is 0 Å². The zero-order valence-corrected chi connectivity index (χ0v) is 4.70. The first kappa shape index (κ1) is 5.70. The van der Waals surface area contributed by atoms with Crippen LogP contribution in [0.1, 0.15) is 0 Å². The van der Waals surface area contributed by atoms with Gasteiger partial charge in [-0.05, 0) is 5.16 Å². The van der Waals surface area contributed by atoms with Crippen LogP contribution in [-0.2, 0) is 0 Å². The van der Waals surface area contributed by atoms with E-state index in [-0.39, 0.29) is 6.61 Å². The molecule has 0 aliphatic carbocycles. The van der Waals surface area contributed by atoms with Gasteiger partial charge in [0, 0.05) is 6.07 Å². The summed E-state index contributed by atoms with van der Waals surface area (Å²) in [5.74, 6) is 2.73. The van der Waals surface area contributed by atoms with Crippen LogP contribution in [-0.4, -0.2) is 11.8 Å². The van der Waals surface area contributed by atoms with Crippen molar-refractivity contribution in [2.45, 2.75) is 0 Å². The van der Waals surface area contributed by atoms with Gasteiger partial charge in [-0.2, -0.15) is 0 Å². The minimum atomic E-state index is 0.229. The van der Waals surface area contributed by atoms with Gasteiger partial charge in [-0.15, -0.1) is 6.42 Å². The summed E-state index contributed by atoms with van der Waals surface area (Å²) in [6, 6.07) is 1.59. The molecule has 3 nitrogen and oxygen atoms in total. The first-order valence-corrected chi connectivity index (χ1v) is 2.40. The molecule has 0 spiro atoms. The van der Waals surface area contributed by atoms with Gasteiger partial charge in [0.25, 0.3) is 5.88 Å². The zero-order valence-electron chi connectivity index (χ0n) is 4.70. The second kappa shape index (κ2) is 2.78. The number of nitrogens with zero attached hydrogens (tertiary/aromatic N) is 1. The summed E-state index contributed by atoms with van der Waals surface area (Å²) in [6.07, 6.45) is 6.33. The smallest absolute Gasteiger partial charge is 0.254 e. The first-order valence-electron chi connectivity index (χ1n) is 2.40. The van der Waals surface area contributed by atoms with Gasteiger partial charge in [0.15, 0.2) is 6.61 Å². The predicted octanol–water partition coefficient (Wildman–Crippen LogP) is 0.687. The average molecular weight is 123 g/mol. The van der Waals surface area contributed by atoms with Crippen molar-refractivity contribution in [3.63, 3.8) is 0 Å². The van der Waals surface area contributed by atoms with Crippen LogP contribution >= 0.6 is 0 Å². The fourth-order valence-corrected chi connectivity index (χ4v) is 0.392. The summed E-state index contributed by atoms with van der Waals surface area (Å²) in [7, 11) is 0. The summed E-state index contributed by atoms with van der Waals surface area (Å²) in [5.41, 5.74) is 0. The van der Waals surface area contributed by atoms with Crippen molar-refractivity contribution >= 4 is 0 Å². The van der Waals surface area contributed by atoms with Crippen LogP contribution in [0.4, 0.5) is 0 Å². The molecule has 1 heterocycles. The molecule has 0 atom stereocenters. The van der Waals surface area contributed by atoms with E-state index in [2.05, 4.69) is 15.6 Å². The van der Waals surface area contributed by atoms with E-state index >= 15 is 0 Å². The highest BCUT2D eigenvalue weighted by molar-refractivity contribution is 5.03. The van der Waals surface area contributed by atoms with E-state index in [9.17, 15) is 0 Å². The molecule has 9 heavy (non-hydrogen) atoms.